The fourth-order valence-electron chi connectivity index (χ4n) is 4.70. The monoisotopic (exact) mass is 408 g/mol. The quantitative estimate of drug-likeness (QED) is 0.176. The van der Waals surface area contributed by atoms with Gasteiger partial charge in [0.25, 0.3) is 0 Å². The zero-order chi connectivity index (χ0) is 22.1. The molecule has 5 atom stereocenters. The smallest absolute Gasteiger partial charge is 0.0414 e. The van der Waals surface area contributed by atoms with Crippen LogP contribution in [0.4, 0.5) is 0 Å². The SMILES string of the molecule is CCCCCCCCCCC(C)C(C)CC(C)CCC(C)CCCC(C)C(C)C. The summed E-state index contributed by atoms with van der Waals surface area (Å²) >= 11 is 0. The van der Waals surface area contributed by atoms with Crippen LogP contribution in [0.5, 0.6) is 0 Å². The van der Waals surface area contributed by atoms with Crippen molar-refractivity contribution in [3.63, 3.8) is 0 Å². The van der Waals surface area contributed by atoms with Crippen molar-refractivity contribution in [3.05, 3.63) is 0 Å². The summed E-state index contributed by atoms with van der Waals surface area (Å²) in [5.41, 5.74) is 0. The van der Waals surface area contributed by atoms with Gasteiger partial charge >= 0.3 is 0 Å². The number of rotatable bonds is 20. The van der Waals surface area contributed by atoms with E-state index in [2.05, 4.69) is 55.4 Å². The van der Waals surface area contributed by atoms with Crippen LogP contribution in [0.25, 0.3) is 0 Å². The van der Waals surface area contributed by atoms with E-state index in [0.29, 0.717) is 0 Å². The molecular weight excluding hydrogens is 348 g/mol. The standard InChI is InChI=1S/C29H60/c1-9-10-11-12-13-14-15-16-19-28(7)29(8)23-26(5)22-21-25(4)18-17-20-27(6)24(2)3/h24-29H,9-23H2,1-8H3. The normalized spacial score (nSPS) is 17.3. The Morgan fingerprint density at radius 3 is 1.52 bits per heavy atom. The van der Waals surface area contributed by atoms with E-state index in [1.54, 1.807) is 0 Å². The number of hydrogen-bond acceptors (Lipinski definition) is 0. The molecule has 0 aromatic carbocycles. The predicted octanol–water partition coefficient (Wildman–Crippen LogP) is 10.7. The van der Waals surface area contributed by atoms with Crippen LogP contribution in [0, 0.1) is 35.5 Å². The summed E-state index contributed by atoms with van der Waals surface area (Å²) in [6.45, 7) is 19.5. The molecule has 0 aromatic heterocycles. The van der Waals surface area contributed by atoms with Crippen molar-refractivity contribution < 1.29 is 0 Å². The van der Waals surface area contributed by atoms with Crippen molar-refractivity contribution in [1.29, 1.82) is 0 Å². The average molecular weight is 409 g/mol. The van der Waals surface area contributed by atoms with Gasteiger partial charge in [0.15, 0.2) is 0 Å². The van der Waals surface area contributed by atoms with Crippen LogP contribution in [-0.2, 0) is 0 Å². The first-order valence-corrected chi connectivity index (χ1v) is 13.8. The molecule has 0 saturated heterocycles. The lowest BCUT2D eigenvalue weighted by atomic mass is 9.82. The highest BCUT2D eigenvalue weighted by Gasteiger charge is 2.16. The summed E-state index contributed by atoms with van der Waals surface area (Å²) < 4.78 is 0. The molecule has 0 aromatic rings. The van der Waals surface area contributed by atoms with Gasteiger partial charge in [-0.2, -0.15) is 0 Å². The summed E-state index contributed by atoms with van der Waals surface area (Å²) in [5, 5.41) is 0. The van der Waals surface area contributed by atoms with Crippen LogP contribution in [0.2, 0.25) is 0 Å². The van der Waals surface area contributed by atoms with Crippen molar-refractivity contribution in [3.8, 4) is 0 Å². The molecule has 176 valence electrons. The molecule has 0 aliphatic carbocycles. The van der Waals surface area contributed by atoms with Gasteiger partial charge in [0.05, 0.1) is 0 Å². The lowest BCUT2D eigenvalue weighted by Gasteiger charge is -2.24. The zero-order valence-corrected chi connectivity index (χ0v) is 22.1. The Labute approximate surface area is 187 Å². The molecule has 0 nitrogen and oxygen atoms in total. The summed E-state index contributed by atoms with van der Waals surface area (Å²) in [6.07, 6.45) is 21.6. The molecule has 0 N–H and O–H groups in total. The Kier molecular flexibility index (Phi) is 18.7. The second-order valence-electron chi connectivity index (χ2n) is 11.4. The van der Waals surface area contributed by atoms with E-state index in [1.165, 1.54) is 96.3 Å². The fraction of sp³-hybridized carbons (Fsp3) is 1.00. The van der Waals surface area contributed by atoms with Gasteiger partial charge < -0.3 is 0 Å². The largest absolute Gasteiger partial charge is 0.0654 e. The average Bonchev–Trinajstić information content (AvgIpc) is 2.67. The predicted molar refractivity (Wildman–Crippen MR) is 136 cm³/mol. The van der Waals surface area contributed by atoms with Gasteiger partial charge in [-0.3, -0.25) is 0 Å². The highest BCUT2D eigenvalue weighted by molar-refractivity contribution is 4.68. The van der Waals surface area contributed by atoms with Gasteiger partial charge in [-0.25, -0.2) is 0 Å². The molecule has 0 heterocycles. The first-order chi connectivity index (χ1) is 13.8. The Morgan fingerprint density at radius 2 is 0.931 bits per heavy atom. The van der Waals surface area contributed by atoms with Crippen molar-refractivity contribution in [2.75, 3.05) is 0 Å². The summed E-state index contributed by atoms with van der Waals surface area (Å²) in [6, 6.07) is 0. The molecule has 0 heteroatoms. The van der Waals surface area contributed by atoms with E-state index in [1.807, 2.05) is 0 Å². The van der Waals surface area contributed by atoms with Crippen molar-refractivity contribution in [2.24, 2.45) is 35.5 Å². The Balaban J connectivity index is 3.74. The molecule has 0 fully saturated rings. The van der Waals surface area contributed by atoms with Gasteiger partial charge in [0, 0.05) is 0 Å². The van der Waals surface area contributed by atoms with Gasteiger partial charge in [0.1, 0.15) is 0 Å². The molecule has 0 spiro atoms. The molecule has 29 heavy (non-hydrogen) atoms. The van der Waals surface area contributed by atoms with Gasteiger partial charge in [0.2, 0.25) is 0 Å². The second kappa shape index (κ2) is 18.7. The van der Waals surface area contributed by atoms with Crippen molar-refractivity contribution in [1.82, 2.24) is 0 Å². The summed E-state index contributed by atoms with van der Waals surface area (Å²) in [5.74, 6) is 5.37. The Bertz CT molecular complexity index is 331. The van der Waals surface area contributed by atoms with E-state index in [9.17, 15) is 0 Å². The molecule has 0 amide bonds. The Morgan fingerprint density at radius 1 is 0.414 bits per heavy atom. The summed E-state index contributed by atoms with van der Waals surface area (Å²) in [7, 11) is 0. The van der Waals surface area contributed by atoms with Crippen LogP contribution < -0.4 is 0 Å². The van der Waals surface area contributed by atoms with Crippen LogP contribution in [0.15, 0.2) is 0 Å². The van der Waals surface area contributed by atoms with Crippen molar-refractivity contribution >= 4 is 0 Å². The molecule has 0 bridgehead atoms. The van der Waals surface area contributed by atoms with E-state index < -0.39 is 0 Å². The van der Waals surface area contributed by atoms with Crippen LogP contribution >= 0.6 is 0 Å². The minimum atomic E-state index is 0.847. The first-order valence-electron chi connectivity index (χ1n) is 13.8. The van der Waals surface area contributed by atoms with Gasteiger partial charge in [-0.05, 0) is 41.9 Å². The van der Waals surface area contributed by atoms with E-state index in [4.69, 9.17) is 0 Å². The minimum Gasteiger partial charge on any atom is -0.0654 e. The third-order valence-corrected chi connectivity index (χ3v) is 7.91. The van der Waals surface area contributed by atoms with Crippen LogP contribution in [0.1, 0.15) is 152 Å². The maximum atomic E-state index is 2.52. The molecule has 0 aliphatic heterocycles. The molecule has 0 radical (unpaired) electrons. The molecule has 0 rings (SSSR count). The van der Waals surface area contributed by atoms with E-state index in [-0.39, 0.29) is 0 Å². The van der Waals surface area contributed by atoms with Crippen molar-refractivity contribution in [2.45, 2.75) is 152 Å². The minimum absolute atomic E-state index is 0.847. The number of unbranched alkanes of at least 4 members (excludes halogenated alkanes) is 7. The molecule has 0 aliphatic rings. The highest BCUT2D eigenvalue weighted by atomic mass is 14.2. The second-order valence-corrected chi connectivity index (χ2v) is 11.4. The molecule has 0 saturated carbocycles. The van der Waals surface area contributed by atoms with Gasteiger partial charge in [-0.1, -0.05) is 145 Å². The lowest BCUT2D eigenvalue weighted by Crippen LogP contribution is -2.13. The zero-order valence-electron chi connectivity index (χ0n) is 22.1. The number of hydrogen-bond donors (Lipinski definition) is 0. The van der Waals surface area contributed by atoms with E-state index in [0.717, 1.165) is 35.5 Å². The third-order valence-electron chi connectivity index (χ3n) is 7.91. The fourth-order valence-corrected chi connectivity index (χ4v) is 4.70. The Hall–Kier alpha value is 0. The topological polar surface area (TPSA) is 0 Å². The summed E-state index contributed by atoms with van der Waals surface area (Å²) in [4.78, 5) is 0. The van der Waals surface area contributed by atoms with E-state index >= 15 is 0 Å². The van der Waals surface area contributed by atoms with Crippen LogP contribution in [0.3, 0.4) is 0 Å². The first kappa shape index (κ1) is 29.0. The van der Waals surface area contributed by atoms with Crippen LogP contribution in [-0.4, -0.2) is 0 Å². The maximum Gasteiger partial charge on any atom is -0.0414 e. The highest BCUT2D eigenvalue weighted by Crippen LogP contribution is 2.28. The van der Waals surface area contributed by atoms with Gasteiger partial charge in [-0.15, -0.1) is 0 Å². The molecular formula is C29H60. The lowest BCUT2D eigenvalue weighted by molar-refractivity contribution is 0.273. The third kappa shape index (κ3) is 17.4. The molecule has 5 unspecified atom stereocenters. The maximum absolute atomic E-state index is 2.52.